The van der Waals surface area contributed by atoms with Crippen LogP contribution in [0.25, 0.3) is 0 Å². The monoisotopic (exact) mass is 358 g/mol. The second-order valence-corrected chi connectivity index (χ2v) is 7.74. The van der Waals surface area contributed by atoms with Gasteiger partial charge in [0.25, 0.3) is 0 Å². The predicted octanol–water partition coefficient (Wildman–Crippen LogP) is 2.87. The van der Waals surface area contributed by atoms with Gasteiger partial charge in [-0.3, -0.25) is 15.1 Å². The van der Waals surface area contributed by atoms with E-state index in [1.165, 1.54) is 18.4 Å². The minimum atomic E-state index is -0.116. The average molecular weight is 359 g/mol. The van der Waals surface area contributed by atoms with Crippen molar-refractivity contribution < 1.29 is 4.79 Å². The van der Waals surface area contributed by atoms with Crippen LogP contribution in [-0.4, -0.2) is 36.1 Å². The number of unbranched alkanes of at least 4 members (excludes halogenated alkanes) is 2. The number of fused-ring (bicyclic) bond motifs is 1. The predicted molar refractivity (Wildman–Crippen MR) is 105 cm³/mol. The highest BCUT2D eigenvalue weighted by Gasteiger charge is 2.28. The fraction of sp³-hybridized carbons (Fsp3) is 0.714. The molecule has 1 fully saturated rings. The van der Waals surface area contributed by atoms with Gasteiger partial charge in [0, 0.05) is 12.2 Å². The molecule has 1 aliphatic carbocycles. The lowest BCUT2D eigenvalue weighted by atomic mass is 9.91. The Morgan fingerprint density at radius 1 is 1.31 bits per heavy atom. The first kappa shape index (κ1) is 19.3. The van der Waals surface area contributed by atoms with E-state index in [9.17, 15) is 4.79 Å². The fourth-order valence-corrected chi connectivity index (χ4v) is 4.17. The lowest BCUT2D eigenvalue weighted by molar-refractivity contribution is -0.124. The van der Waals surface area contributed by atoms with E-state index in [0.29, 0.717) is 6.04 Å². The number of carbonyl (C=O) groups excluding carboxylic acids is 1. The van der Waals surface area contributed by atoms with Crippen LogP contribution >= 0.6 is 0 Å². The number of rotatable bonds is 8. The van der Waals surface area contributed by atoms with E-state index in [-0.39, 0.29) is 18.0 Å². The molecule has 0 saturated carbocycles. The van der Waals surface area contributed by atoms with E-state index in [1.54, 1.807) is 0 Å². The van der Waals surface area contributed by atoms with E-state index in [4.69, 9.17) is 0 Å². The molecule has 144 valence electrons. The van der Waals surface area contributed by atoms with Crippen molar-refractivity contribution in [3.63, 3.8) is 0 Å². The fourth-order valence-electron chi connectivity index (χ4n) is 4.17. The standard InChI is InChI=1S/C21H34N4O/c1-2-3-4-9-19(21(26)24-17-11-14-22-15-12-17)25-18-10-5-7-16-8-6-13-23-20(16)18/h6,8,13,17-19,22,25H,2-5,7,9-12,14-15H2,1H3,(H,24,26). The van der Waals surface area contributed by atoms with Crippen molar-refractivity contribution >= 4 is 5.91 Å². The molecule has 2 aliphatic rings. The van der Waals surface area contributed by atoms with E-state index >= 15 is 0 Å². The van der Waals surface area contributed by atoms with Gasteiger partial charge in [-0.2, -0.15) is 0 Å². The molecule has 1 aromatic heterocycles. The Bertz CT molecular complexity index is 571. The van der Waals surface area contributed by atoms with E-state index in [1.807, 2.05) is 12.3 Å². The number of nitrogens with one attached hydrogen (secondary N) is 3. The lowest BCUT2D eigenvalue weighted by Gasteiger charge is -2.31. The summed E-state index contributed by atoms with van der Waals surface area (Å²) in [6.07, 6.45) is 11.6. The third kappa shape index (κ3) is 5.27. The minimum Gasteiger partial charge on any atom is -0.352 e. The van der Waals surface area contributed by atoms with Crippen LogP contribution in [0.5, 0.6) is 0 Å². The smallest absolute Gasteiger partial charge is 0.237 e. The zero-order valence-electron chi connectivity index (χ0n) is 16.1. The van der Waals surface area contributed by atoms with Crippen LogP contribution < -0.4 is 16.0 Å². The molecule has 0 aromatic carbocycles. The number of pyridine rings is 1. The first-order valence-electron chi connectivity index (χ1n) is 10.5. The summed E-state index contributed by atoms with van der Waals surface area (Å²) in [6, 6.07) is 4.59. The molecule has 3 N–H and O–H groups in total. The summed E-state index contributed by atoms with van der Waals surface area (Å²) in [5.41, 5.74) is 2.48. The second-order valence-electron chi connectivity index (χ2n) is 7.74. The molecule has 26 heavy (non-hydrogen) atoms. The molecule has 1 aliphatic heterocycles. The van der Waals surface area contributed by atoms with E-state index < -0.39 is 0 Å². The van der Waals surface area contributed by atoms with Crippen LogP contribution in [0.4, 0.5) is 0 Å². The molecule has 1 saturated heterocycles. The zero-order valence-corrected chi connectivity index (χ0v) is 16.1. The average Bonchev–Trinajstić information content (AvgIpc) is 2.68. The number of hydrogen-bond acceptors (Lipinski definition) is 4. The molecule has 3 rings (SSSR count). The Labute approximate surface area is 157 Å². The molecule has 2 atom stereocenters. The van der Waals surface area contributed by atoms with Gasteiger partial charge in [0.1, 0.15) is 0 Å². The van der Waals surface area contributed by atoms with Gasteiger partial charge < -0.3 is 10.6 Å². The highest BCUT2D eigenvalue weighted by atomic mass is 16.2. The number of aromatic nitrogens is 1. The van der Waals surface area contributed by atoms with Crippen molar-refractivity contribution in [2.75, 3.05) is 13.1 Å². The summed E-state index contributed by atoms with van der Waals surface area (Å²) < 4.78 is 0. The Kier molecular flexibility index (Phi) is 7.44. The normalized spacial score (nSPS) is 21.8. The number of amides is 1. The van der Waals surface area contributed by atoms with E-state index in [2.05, 4.69) is 33.9 Å². The topological polar surface area (TPSA) is 66.0 Å². The van der Waals surface area contributed by atoms with Crippen molar-refractivity contribution in [3.8, 4) is 0 Å². The van der Waals surface area contributed by atoms with Crippen molar-refractivity contribution in [3.05, 3.63) is 29.6 Å². The Hall–Kier alpha value is -1.46. The van der Waals surface area contributed by atoms with E-state index in [0.717, 1.165) is 63.7 Å². The third-order valence-electron chi connectivity index (χ3n) is 5.70. The number of hydrogen-bond donors (Lipinski definition) is 3. The van der Waals surface area contributed by atoms with Crippen LogP contribution in [0, 0.1) is 0 Å². The summed E-state index contributed by atoms with van der Waals surface area (Å²) in [6.45, 7) is 4.20. The highest BCUT2D eigenvalue weighted by molar-refractivity contribution is 5.82. The summed E-state index contributed by atoms with van der Waals surface area (Å²) >= 11 is 0. The largest absolute Gasteiger partial charge is 0.352 e. The molecule has 0 radical (unpaired) electrons. The van der Waals surface area contributed by atoms with Gasteiger partial charge in [-0.25, -0.2) is 0 Å². The molecule has 0 spiro atoms. The third-order valence-corrected chi connectivity index (χ3v) is 5.70. The summed E-state index contributed by atoms with van der Waals surface area (Å²) in [7, 11) is 0. The van der Waals surface area contributed by atoms with Crippen molar-refractivity contribution in [1.82, 2.24) is 20.9 Å². The molecule has 5 heteroatoms. The molecule has 2 heterocycles. The Morgan fingerprint density at radius 2 is 2.15 bits per heavy atom. The van der Waals surface area contributed by atoms with Gasteiger partial charge in [0.05, 0.1) is 17.8 Å². The van der Waals surface area contributed by atoms with Crippen LogP contribution in [0.3, 0.4) is 0 Å². The van der Waals surface area contributed by atoms with Gasteiger partial charge >= 0.3 is 0 Å². The Morgan fingerprint density at radius 3 is 2.96 bits per heavy atom. The Balaban J connectivity index is 1.64. The van der Waals surface area contributed by atoms with Crippen molar-refractivity contribution in [2.45, 2.75) is 82.8 Å². The molecule has 1 aromatic rings. The lowest BCUT2D eigenvalue weighted by Crippen LogP contribution is -2.51. The van der Waals surface area contributed by atoms with Gasteiger partial charge in [-0.05, 0) is 63.2 Å². The SMILES string of the molecule is CCCCCC(NC1CCCc2cccnc21)C(=O)NC1CCNCC1. The van der Waals surface area contributed by atoms with Crippen LogP contribution in [-0.2, 0) is 11.2 Å². The maximum absolute atomic E-state index is 13.0. The van der Waals surface area contributed by atoms with Gasteiger partial charge in [0.2, 0.25) is 5.91 Å². The van der Waals surface area contributed by atoms with Gasteiger partial charge in [-0.15, -0.1) is 0 Å². The summed E-state index contributed by atoms with van der Waals surface area (Å²) in [4.78, 5) is 17.6. The summed E-state index contributed by atoms with van der Waals surface area (Å²) in [5, 5.41) is 10.3. The minimum absolute atomic E-state index is 0.116. The molecule has 2 unspecified atom stereocenters. The molecule has 5 nitrogen and oxygen atoms in total. The molecule has 1 amide bonds. The number of nitrogens with zero attached hydrogens (tertiary/aromatic N) is 1. The number of carbonyl (C=O) groups is 1. The summed E-state index contributed by atoms with van der Waals surface area (Å²) in [5.74, 6) is 0.177. The number of piperidine rings is 1. The number of aryl methyl sites for hydroxylation is 1. The van der Waals surface area contributed by atoms with Crippen LogP contribution in [0.1, 0.15) is 75.6 Å². The maximum Gasteiger partial charge on any atom is 0.237 e. The van der Waals surface area contributed by atoms with Crippen LogP contribution in [0.15, 0.2) is 18.3 Å². The molecule has 0 bridgehead atoms. The van der Waals surface area contributed by atoms with Gasteiger partial charge in [0.15, 0.2) is 0 Å². The zero-order chi connectivity index (χ0) is 18.2. The van der Waals surface area contributed by atoms with Crippen molar-refractivity contribution in [1.29, 1.82) is 0 Å². The first-order valence-corrected chi connectivity index (χ1v) is 10.5. The second kappa shape index (κ2) is 10.0. The van der Waals surface area contributed by atoms with Gasteiger partial charge in [-0.1, -0.05) is 32.3 Å². The van der Waals surface area contributed by atoms with Crippen LogP contribution in [0.2, 0.25) is 0 Å². The molecular weight excluding hydrogens is 324 g/mol. The maximum atomic E-state index is 13.0. The quantitative estimate of drug-likeness (QED) is 0.625. The van der Waals surface area contributed by atoms with Crippen molar-refractivity contribution in [2.24, 2.45) is 0 Å². The first-order chi connectivity index (χ1) is 12.8. The highest BCUT2D eigenvalue weighted by Crippen LogP contribution is 2.28. The molecular formula is C21H34N4O.